The first kappa shape index (κ1) is 21.2. The average molecular weight is 429 g/mol. The molecular weight excluding hydrogens is 406 g/mol. The average Bonchev–Trinajstić information content (AvgIpc) is 3.19. The molecule has 1 aliphatic heterocycles. The molecule has 0 saturated heterocycles. The van der Waals surface area contributed by atoms with E-state index in [0.29, 0.717) is 29.4 Å². The molecule has 0 aromatic heterocycles. The van der Waals surface area contributed by atoms with Gasteiger partial charge in [0.2, 0.25) is 11.6 Å². The van der Waals surface area contributed by atoms with Crippen molar-refractivity contribution in [2.24, 2.45) is 4.99 Å². The number of aryl methyl sites for hydroxylation is 1. The van der Waals surface area contributed by atoms with Gasteiger partial charge in [0.05, 0.1) is 14.2 Å². The largest absolute Gasteiger partial charge is 0.493 e. The van der Waals surface area contributed by atoms with E-state index in [-0.39, 0.29) is 11.6 Å². The molecule has 6 heteroatoms. The van der Waals surface area contributed by atoms with E-state index in [1.54, 1.807) is 32.4 Å². The Kier molecular flexibility index (Phi) is 6.22. The molecule has 6 nitrogen and oxygen atoms in total. The van der Waals surface area contributed by atoms with Crippen LogP contribution in [-0.2, 0) is 16.1 Å². The predicted molar refractivity (Wildman–Crippen MR) is 122 cm³/mol. The Morgan fingerprint density at radius 2 is 1.59 bits per heavy atom. The zero-order valence-corrected chi connectivity index (χ0v) is 18.1. The van der Waals surface area contributed by atoms with Crippen molar-refractivity contribution in [3.05, 3.63) is 94.7 Å². The summed E-state index contributed by atoms with van der Waals surface area (Å²) in [6.07, 6.45) is 1.63. The standard InChI is InChI=1S/C26H23NO5/c1-17-9-7-8-12-20(17)16-31-24-22(29-2)14-18(15-23(24)30-3)13-21-26(28)32-25(27-21)19-10-5-4-6-11-19/h4-15H,16H2,1-3H3/b21-13+. The normalized spacial score (nSPS) is 14.2. The van der Waals surface area contributed by atoms with Crippen molar-refractivity contribution in [3.63, 3.8) is 0 Å². The van der Waals surface area contributed by atoms with Gasteiger partial charge in [-0.2, -0.15) is 0 Å². The summed E-state index contributed by atoms with van der Waals surface area (Å²) in [5.74, 6) is 1.23. The Morgan fingerprint density at radius 1 is 0.938 bits per heavy atom. The summed E-state index contributed by atoms with van der Waals surface area (Å²) in [4.78, 5) is 16.7. The molecule has 1 heterocycles. The van der Waals surface area contributed by atoms with Crippen LogP contribution in [0.5, 0.6) is 17.2 Å². The molecule has 1 aliphatic rings. The molecule has 0 fully saturated rings. The van der Waals surface area contributed by atoms with Crippen molar-refractivity contribution in [1.29, 1.82) is 0 Å². The van der Waals surface area contributed by atoms with Gasteiger partial charge in [0.15, 0.2) is 17.2 Å². The van der Waals surface area contributed by atoms with Gasteiger partial charge >= 0.3 is 5.97 Å². The Bertz CT molecular complexity index is 1170. The van der Waals surface area contributed by atoms with Gasteiger partial charge in [-0.05, 0) is 54.0 Å². The zero-order valence-electron chi connectivity index (χ0n) is 18.1. The van der Waals surface area contributed by atoms with E-state index >= 15 is 0 Å². The first-order valence-corrected chi connectivity index (χ1v) is 10.1. The monoisotopic (exact) mass is 429 g/mol. The van der Waals surface area contributed by atoms with Crippen LogP contribution in [0.15, 0.2) is 77.4 Å². The lowest BCUT2D eigenvalue weighted by atomic mass is 10.1. The summed E-state index contributed by atoms with van der Waals surface area (Å²) in [5.41, 5.74) is 3.81. The van der Waals surface area contributed by atoms with Crippen LogP contribution in [0, 0.1) is 6.92 Å². The molecule has 0 spiro atoms. The number of rotatable bonds is 7. The van der Waals surface area contributed by atoms with Gasteiger partial charge in [0, 0.05) is 5.56 Å². The van der Waals surface area contributed by atoms with Crippen molar-refractivity contribution >= 4 is 17.9 Å². The molecule has 0 N–H and O–H groups in total. The number of hydrogen-bond donors (Lipinski definition) is 0. The quantitative estimate of drug-likeness (QED) is 0.393. The summed E-state index contributed by atoms with van der Waals surface area (Å²) < 4.78 is 22.5. The number of cyclic esters (lactones) is 1. The van der Waals surface area contributed by atoms with Gasteiger partial charge in [-0.3, -0.25) is 0 Å². The van der Waals surface area contributed by atoms with Crippen LogP contribution < -0.4 is 14.2 Å². The van der Waals surface area contributed by atoms with Crippen LogP contribution in [-0.4, -0.2) is 26.1 Å². The van der Waals surface area contributed by atoms with Crippen LogP contribution in [0.4, 0.5) is 0 Å². The van der Waals surface area contributed by atoms with E-state index in [0.717, 1.165) is 16.7 Å². The van der Waals surface area contributed by atoms with Gasteiger partial charge in [0.25, 0.3) is 0 Å². The van der Waals surface area contributed by atoms with Crippen LogP contribution >= 0.6 is 0 Å². The molecule has 3 aromatic rings. The zero-order chi connectivity index (χ0) is 22.5. The maximum Gasteiger partial charge on any atom is 0.363 e. The maximum absolute atomic E-state index is 12.3. The molecule has 3 aromatic carbocycles. The molecule has 0 radical (unpaired) electrons. The van der Waals surface area contributed by atoms with E-state index in [2.05, 4.69) is 4.99 Å². The van der Waals surface area contributed by atoms with E-state index in [4.69, 9.17) is 18.9 Å². The van der Waals surface area contributed by atoms with E-state index in [9.17, 15) is 4.79 Å². The molecule has 0 amide bonds. The number of nitrogens with zero attached hydrogens (tertiary/aromatic N) is 1. The number of methoxy groups -OCH3 is 2. The van der Waals surface area contributed by atoms with Crippen molar-refractivity contribution in [3.8, 4) is 17.2 Å². The van der Waals surface area contributed by atoms with Gasteiger partial charge < -0.3 is 18.9 Å². The number of carbonyl (C=O) groups is 1. The first-order valence-electron chi connectivity index (χ1n) is 10.1. The highest BCUT2D eigenvalue weighted by Gasteiger charge is 2.24. The molecule has 32 heavy (non-hydrogen) atoms. The molecule has 4 rings (SSSR count). The first-order chi connectivity index (χ1) is 15.6. The molecule has 0 atom stereocenters. The smallest absolute Gasteiger partial charge is 0.363 e. The van der Waals surface area contributed by atoms with Crippen LogP contribution in [0.1, 0.15) is 22.3 Å². The van der Waals surface area contributed by atoms with Crippen LogP contribution in [0.2, 0.25) is 0 Å². The van der Waals surface area contributed by atoms with Crippen molar-refractivity contribution in [1.82, 2.24) is 0 Å². The van der Waals surface area contributed by atoms with Crippen molar-refractivity contribution < 1.29 is 23.7 Å². The molecule has 162 valence electrons. The second kappa shape index (κ2) is 9.39. The Morgan fingerprint density at radius 3 is 2.25 bits per heavy atom. The number of aliphatic imine (C=N–C) groups is 1. The number of benzene rings is 3. The van der Waals surface area contributed by atoms with E-state index in [1.807, 2.05) is 61.5 Å². The highest BCUT2D eigenvalue weighted by molar-refractivity contribution is 6.12. The SMILES string of the molecule is COc1cc(/C=C2/N=C(c3ccccc3)OC2=O)cc(OC)c1OCc1ccccc1C. The number of ether oxygens (including phenoxy) is 4. The number of carbonyl (C=O) groups excluding carboxylic acids is 1. The summed E-state index contributed by atoms with van der Waals surface area (Å²) in [6, 6.07) is 20.8. The fourth-order valence-electron chi connectivity index (χ4n) is 3.32. The van der Waals surface area contributed by atoms with Crippen molar-refractivity contribution in [2.75, 3.05) is 14.2 Å². The predicted octanol–water partition coefficient (Wildman–Crippen LogP) is 4.94. The fraction of sp³-hybridized carbons (Fsp3) is 0.154. The summed E-state index contributed by atoms with van der Waals surface area (Å²) in [5, 5.41) is 0. The maximum atomic E-state index is 12.3. The third-order valence-corrected chi connectivity index (χ3v) is 5.06. The van der Waals surface area contributed by atoms with E-state index < -0.39 is 5.97 Å². The third-order valence-electron chi connectivity index (χ3n) is 5.06. The summed E-state index contributed by atoms with van der Waals surface area (Å²) >= 11 is 0. The van der Waals surface area contributed by atoms with Gasteiger partial charge in [-0.1, -0.05) is 42.5 Å². The molecule has 0 unspecified atom stereocenters. The molecule has 0 bridgehead atoms. The topological polar surface area (TPSA) is 66.4 Å². The lowest BCUT2D eigenvalue weighted by molar-refractivity contribution is -0.129. The third kappa shape index (κ3) is 4.49. The van der Waals surface area contributed by atoms with Crippen LogP contribution in [0.3, 0.4) is 0 Å². The molecule has 0 aliphatic carbocycles. The van der Waals surface area contributed by atoms with Gasteiger partial charge in [-0.15, -0.1) is 0 Å². The Balaban J connectivity index is 1.63. The molecule has 0 saturated carbocycles. The minimum atomic E-state index is -0.512. The number of hydrogen-bond acceptors (Lipinski definition) is 6. The lowest BCUT2D eigenvalue weighted by Gasteiger charge is -2.16. The Hall–Kier alpha value is -4.06. The number of esters is 1. The Labute approximate surface area is 186 Å². The minimum absolute atomic E-state index is 0.196. The van der Waals surface area contributed by atoms with Crippen LogP contribution in [0.25, 0.3) is 6.08 Å². The molecular formula is C26H23NO5. The lowest BCUT2D eigenvalue weighted by Crippen LogP contribution is -2.05. The van der Waals surface area contributed by atoms with Gasteiger partial charge in [-0.25, -0.2) is 9.79 Å². The summed E-state index contributed by atoms with van der Waals surface area (Å²) in [7, 11) is 3.11. The fourth-order valence-corrected chi connectivity index (χ4v) is 3.32. The van der Waals surface area contributed by atoms with E-state index in [1.165, 1.54) is 0 Å². The van der Waals surface area contributed by atoms with Crippen molar-refractivity contribution in [2.45, 2.75) is 13.5 Å². The van der Waals surface area contributed by atoms with Gasteiger partial charge in [0.1, 0.15) is 6.61 Å². The second-order valence-corrected chi connectivity index (χ2v) is 7.17. The second-order valence-electron chi connectivity index (χ2n) is 7.17. The summed E-state index contributed by atoms with van der Waals surface area (Å²) in [6.45, 7) is 2.41. The minimum Gasteiger partial charge on any atom is -0.493 e. The highest BCUT2D eigenvalue weighted by atomic mass is 16.6. The highest BCUT2D eigenvalue weighted by Crippen LogP contribution is 2.40.